The Balaban J connectivity index is 2.77. The fraction of sp³-hybridized carbons (Fsp3) is 0.625. The van der Waals surface area contributed by atoms with E-state index in [1.807, 2.05) is 27.8 Å². The molecule has 0 fully saturated rings. The van der Waals surface area contributed by atoms with Crippen LogP contribution in [0.15, 0.2) is 24.3 Å². The Labute approximate surface area is 120 Å². The molecular formula is C16H27NOS. The summed E-state index contributed by atoms with van der Waals surface area (Å²) in [5, 5.41) is 3.28. The first-order chi connectivity index (χ1) is 8.88. The second-order valence-corrected chi connectivity index (χ2v) is 8.21. The van der Waals surface area contributed by atoms with Crippen LogP contribution >= 0.6 is 0 Å². The smallest absolute Gasteiger partial charge is 0.0435 e. The first kappa shape index (κ1) is 16.4. The summed E-state index contributed by atoms with van der Waals surface area (Å²) in [5.41, 5.74) is 2.60. The largest absolute Gasteiger partial charge is 0.312 e. The summed E-state index contributed by atoms with van der Waals surface area (Å²) < 4.78 is 12.1. The van der Waals surface area contributed by atoms with Gasteiger partial charge in [-0.25, -0.2) is 0 Å². The van der Waals surface area contributed by atoms with Crippen LogP contribution in [0.5, 0.6) is 0 Å². The zero-order valence-electron chi connectivity index (χ0n) is 12.8. The number of hydrogen-bond acceptors (Lipinski definition) is 2. The van der Waals surface area contributed by atoms with Crippen molar-refractivity contribution in [2.45, 2.75) is 51.3 Å². The molecule has 0 aromatic heterocycles. The lowest BCUT2D eigenvalue weighted by Crippen LogP contribution is -2.31. The molecule has 1 N–H and O–H groups in total. The highest BCUT2D eigenvalue weighted by atomic mass is 32.2. The van der Waals surface area contributed by atoms with Gasteiger partial charge in [0.05, 0.1) is 0 Å². The lowest BCUT2D eigenvalue weighted by Gasteiger charge is -2.23. The van der Waals surface area contributed by atoms with E-state index in [9.17, 15) is 4.21 Å². The molecule has 0 aliphatic rings. The van der Waals surface area contributed by atoms with Gasteiger partial charge in [-0.05, 0) is 45.4 Å². The Hall–Kier alpha value is -0.670. The van der Waals surface area contributed by atoms with Crippen LogP contribution in [0.25, 0.3) is 0 Å². The van der Waals surface area contributed by atoms with Crippen molar-refractivity contribution < 1.29 is 4.21 Å². The maximum atomic E-state index is 12.2. The molecule has 19 heavy (non-hydrogen) atoms. The third kappa shape index (κ3) is 5.07. The molecule has 0 amide bonds. The maximum Gasteiger partial charge on any atom is 0.0435 e. The summed E-state index contributed by atoms with van der Waals surface area (Å²) in [7, 11) is 1.10. The molecule has 1 aromatic carbocycles. The Morgan fingerprint density at radius 3 is 2.21 bits per heavy atom. The Kier molecular flexibility index (Phi) is 6.21. The minimum absolute atomic E-state index is 0.156. The molecule has 0 radical (unpaired) electrons. The Morgan fingerprint density at radius 1 is 1.21 bits per heavy atom. The molecule has 0 saturated heterocycles. The molecule has 2 unspecified atom stereocenters. The van der Waals surface area contributed by atoms with Crippen molar-refractivity contribution in [3.05, 3.63) is 35.4 Å². The van der Waals surface area contributed by atoms with E-state index in [1.54, 1.807) is 0 Å². The van der Waals surface area contributed by atoms with Crippen LogP contribution in [0, 0.1) is 0 Å². The first-order valence-electron chi connectivity index (χ1n) is 7.03. The monoisotopic (exact) mass is 281 g/mol. The van der Waals surface area contributed by atoms with Crippen molar-refractivity contribution in [3.63, 3.8) is 0 Å². The Bertz CT molecular complexity index is 406. The van der Waals surface area contributed by atoms with Crippen LogP contribution in [0.1, 0.15) is 51.3 Å². The molecule has 1 rings (SSSR count). The topological polar surface area (TPSA) is 29.1 Å². The highest BCUT2D eigenvalue weighted by Gasteiger charge is 2.23. The van der Waals surface area contributed by atoms with Gasteiger partial charge in [0.1, 0.15) is 0 Å². The van der Waals surface area contributed by atoms with E-state index in [4.69, 9.17) is 0 Å². The van der Waals surface area contributed by atoms with Crippen LogP contribution in [-0.2, 0) is 17.2 Å². The van der Waals surface area contributed by atoms with Gasteiger partial charge in [0.25, 0.3) is 0 Å². The summed E-state index contributed by atoms with van der Waals surface area (Å²) in [6.45, 7) is 8.28. The second-order valence-electron chi connectivity index (χ2n) is 5.96. The zero-order chi connectivity index (χ0) is 14.5. The van der Waals surface area contributed by atoms with Gasteiger partial charge >= 0.3 is 0 Å². The number of rotatable bonds is 6. The maximum absolute atomic E-state index is 12.2. The molecular weight excluding hydrogens is 254 g/mol. The predicted molar refractivity (Wildman–Crippen MR) is 85.0 cm³/mol. The van der Waals surface area contributed by atoms with E-state index in [0.717, 1.165) is 6.42 Å². The summed E-state index contributed by atoms with van der Waals surface area (Å²) in [6, 6.07) is 8.85. The molecule has 0 bridgehead atoms. The van der Waals surface area contributed by atoms with Crippen LogP contribution < -0.4 is 5.32 Å². The van der Waals surface area contributed by atoms with E-state index in [0.29, 0.717) is 5.75 Å². The first-order valence-corrected chi connectivity index (χ1v) is 8.35. The highest BCUT2D eigenvalue weighted by molar-refractivity contribution is 7.86. The van der Waals surface area contributed by atoms with E-state index < -0.39 is 10.8 Å². The lowest BCUT2D eigenvalue weighted by molar-refractivity contribution is 0.614. The normalized spacial score (nSPS) is 15.2. The minimum Gasteiger partial charge on any atom is -0.312 e. The van der Waals surface area contributed by atoms with Crippen LogP contribution in [0.4, 0.5) is 0 Å². The number of benzene rings is 1. The van der Waals surface area contributed by atoms with Crippen molar-refractivity contribution in [3.8, 4) is 0 Å². The third-order valence-electron chi connectivity index (χ3n) is 3.27. The molecule has 0 heterocycles. The van der Waals surface area contributed by atoms with Gasteiger partial charge in [0, 0.05) is 27.3 Å². The average Bonchev–Trinajstić information content (AvgIpc) is 2.36. The fourth-order valence-electron chi connectivity index (χ4n) is 1.95. The fourth-order valence-corrected chi connectivity index (χ4v) is 3.11. The lowest BCUT2D eigenvalue weighted by atomic mass is 10.0. The number of hydrogen-bond donors (Lipinski definition) is 1. The zero-order valence-corrected chi connectivity index (χ0v) is 13.6. The molecule has 1 aromatic rings. The number of aryl methyl sites for hydroxylation is 1. The predicted octanol–water partition coefficient (Wildman–Crippen LogP) is 3.45. The second kappa shape index (κ2) is 7.20. The van der Waals surface area contributed by atoms with Crippen LogP contribution in [-0.4, -0.2) is 21.8 Å². The van der Waals surface area contributed by atoms with Gasteiger partial charge in [0.2, 0.25) is 0 Å². The van der Waals surface area contributed by atoms with Gasteiger partial charge in [-0.1, -0.05) is 37.6 Å². The summed E-state index contributed by atoms with van der Waals surface area (Å²) >= 11 is 0. The molecule has 2 nitrogen and oxygen atoms in total. The van der Waals surface area contributed by atoms with Crippen molar-refractivity contribution in [1.82, 2.24) is 5.32 Å². The van der Waals surface area contributed by atoms with Gasteiger partial charge in [-0.2, -0.15) is 0 Å². The van der Waals surface area contributed by atoms with Crippen LogP contribution in [0.3, 0.4) is 0 Å². The summed E-state index contributed by atoms with van der Waals surface area (Å²) in [6.07, 6.45) is 2.29. The van der Waals surface area contributed by atoms with Crippen molar-refractivity contribution in [2.24, 2.45) is 0 Å². The van der Waals surface area contributed by atoms with Crippen molar-refractivity contribution in [1.29, 1.82) is 0 Å². The van der Waals surface area contributed by atoms with E-state index in [-0.39, 0.29) is 10.8 Å². The van der Waals surface area contributed by atoms with Crippen LogP contribution in [0.2, 0.25) is 0 Å². The summed E-state index contributed by atoms with van der Waals surface area (Å²) in [5.74, 6) is 0.660. The molecule has 2 atom stereocenters. The SMILES string of the molecule is CCCc1ccc(C(CS(=O)C(C)(C)C)NC)cc1. The quantitative estimate of drug-likeness (QED) is 0.865. The van der Waals surface area contributed by atoms with Crippen molar-refractivity contribution >= 4 is 10.8 Å². The molecule has 108 valence electrons. The molecule has 0 spiro atoms. The molecule has 0 saturated carbocycles. The van der Waals surface area contributed by atoms with E-state index in [1.165, 1.54) is 17.5 Å². The van der Waals surface area contributed by atoms with Crippen molar-refractivity contribution in [2.75, 3.05) is 12.8 Å². The van der Waals surface area contributed by atoms with Gasteiger partial charge < -0.3 is 5.32 Å². The van der Waals surface area contributed by atoms with E-state index in [2.05, 4.69) is 36.5 Å². The van der Waals surface area contributed by atoms with Gasteiger partial charge in [0.15, 0.2) is 0 Å². The van der Waals surface area contributed by atoms with E-state index >= 15 is 0 Å². The Morgan fingerprint density at radius 2 is 1.79 bits per heavy atom. The summed E-state index contributed by atoms with van der Waals surface area (Å²) in [4.78, 5) is 0. The van der Waals surface area contributed by atoms with Gasteiger partial charge in [-0.15, -0.1) is 0 Å². The highest BCUT2D eigenvalue weighted by Crippen LogP contribution is 2.20. The molecule has 3 heteroatoms. The minimum atomic E-state index is -0.839. The standard InChI is InChI=1S/C16H27NOS/c1-6-7-13-8-10-14(11-9-13)15(17-5)12-19(18)16(2,3)4/h8-11,15,17H,6-7,12H2,1-5H3. The third-order valence-corrected chi connectivity index (χ3v) is 5.27. The van der Waals surface area contributed by atoms with Gasteiger partial charge in [-0.3, -0.25) is 4.21 Å². The number of nitrogens with one attached hydrogen (secondary N) is 1. The average molecular weight is 281 g/mol. The molecule has 0 aliphatic carbocycles. The molecule has 0 aliphatic heterocycles.